The Balaban J connectivity index is 2.05. The maximum Gasteiger partial charge on any atom is 0.413 e. The third-order valence-corrected chi connectivity index (χ3v) is 4.21. The lowest BCUT2D eigenvalue weighted by Crippen LogP contribution is -2.40. The number of rotatable bonds is 6. The van der Waals surface area contributed by atoms with Crippen LogP contribution in [0, 0.1) is 5.92 Å². The Morgan fingerprint density at radius 2 is 1.89 bits per heavy atom. The number of carbonyl (C=O) groups excluding carboxylic acids is 4. The van der Waals surface area contributed by atoms with Crippen LogP contribution in [0.25, 0.3) is 0 Å². The van der Waals surface area contributed by atoms with Crippen molar-refractivity contribution < 1.29 is 38.1 Å². The van der Waals surface area contributed by atoms with Gasteiger partial charge in [-0.05, 0) is 19.1 Å². The second-order valence-corrected chi connectivity index (χ2v) is 6.00. The van der Waals surface area contributed by atoms with E-state index in [4.69, 9.17) is 14.2 Å². The van der Waals surface area contributed by atoms with Gasteiger partial charge in [0.1, 0.15) is 11.5 Å². The second-order valence-electron chi connectivity index (χ2n) is 6.00. The molecular weight excluding hydrogens is 372 g/mol. The summed E-state index contributed by atoms with van der Waals surface area (Å²) >= 11 is 0. The second kappa shape index (κ2) is 9.07. The number of imide groups is 1. The quantitative estimate of drug-likeness (QED) is 0.706. The molecule has 2 atom stereocenters. The average molecular weight is 394 g/mol. The van der Waals surface area contributed by atoms with E-state index in [2.05, 4.69) is 4.74 Å². The van der Waals surface area contributed by atoms with Crippen LogP contribution in [0.1, 0.15) is 13.3 Å². The van der Waals surface area contributed by atoms with E-state index in [1.165, 1.54) is 26.0 Å². The van der Waals surface area contributed by atoms with E-state index in [0.29, 0.717) is 17.2 Å². The van der Waals surface area contributed by atoms with Gasteiger partial charge in [0, 0.05) is 19.0 Å². The molecule has 1 aromatic rings. The van der Waals surface area contributed by atoms with Crippen molar-refractivity contribution in [3.63, 3.8) is 0 Å². The molecule has 1 N–H and O–H groups in total. The third kappa shape index (κ3) is 4.70. The van der Waals surface area contributed by atoms with Crippen LogP contribution in [0.2, 0.25) is 0 Å². The van der Waals surface area contributed by atoms with Gasteiger partial charge in [-0.25, -0.2) is 4.79 Å². The summed E-state index contributed by atoms with van der Waals surface area (Å²) in [5, 5.41) is 1.91. The molecular formula is C18H22N2O8. The minimum atomic E-state index is -1.22. The maximum absolute atomic E-state index is 12.4. The van der Waals surface area contributed by atoms with Crippen LogP contribution in [0.4, 0.5) is 10.5 Å². The van der Waals surface area contributed by atoms with Crippen molar-refractivity contribution in [3.8, 4) is 11.5 Å². The first kappa shape index (κ1) is 21.0. The summed E-state index contributed by atoms with van der Waals surface area (Å²) in [6, 6.07) is 4.97. The van der Waals surface area contributed by atoms with E-state index < -0.39 is 30.0 Å². The molecule has 2 rings (SSSR count). The molecule has 0 spiro atoms. The number of nitrogens with zero attached hydrogens (tertiary/aromatic N) is 1. The molecule has 3 amide bonds. The number of amides is 3. The Morgan fingerprint density at radius 3 is 2.50 bits per heavy atom. The summed E-state index contributed by atoms with van der Waals surface area (Å²) in [5.74, 6) is -1.58. The van der Waals surface area contributed by atoms with Gasteiger partial charge in [0.2, 0.25) is 5.91 Å². The van der Waals surface area contributed by atoms with Gasteiger partial charge >= 0.3 is 12.1 Å². The van der Waals surface area contributed by atoms with Crippen LogP contribution in [0.3, 0.4) is 0 Å². The number of esters is 1. The van der Waals surface area contributed by atoms with Gasteiger partial charge in [0.05, 0.1) is 32.9 Å². The molecule has 1 heterocycles. The predicted molar refractivity (Wildman–Crippen MR) is 96.1 cm³/mol. The van der Waals surface area contributed by atoms with Crippen LogP contribution in [0.15, 0.2) is 18.2 Å². The minimum absolute atomic E-state index is 0.0701. The van der Waals surface area contributed by atoms with E-state index in [-0.39, 0.29) is 18.9 Å². The van der Waals surface area contributed by atoms with Gasteiger partial charge in [0.25, 0.3) is 5.91 Å². The lowest BCUT2D eigenvalue weighted by atomic mass is 10.1. The zero-order chi connectivity index (χ0) is 20.8. The highest BCUT2D eigenvalue weighted by atomic mass is 16.6. The SMILES string of the molecule is COC(=O)NC(=O)[C@@H](C)OC(=O)[C@@H]1CC(=O)N(c2ccc(OC)cc2OC)C1. The van der Waals surface area contributed by atoms with Gasteiger partial charge in [-0.1, -0.05) is 0 Å². The fourth-order valence-corrected chi connectivity index (χ4v) is 2.68. The Bertz CT molecular complexity index is 779. The predicted octanol–water partition coefficient (Wildman–Crippen LogP) is 0.871. The molecule has 10 nitrogen and oxygen atoms in total. The van der Waals surface area contributed by atoms with Gasteiger partial charge in [-0.15, -0.1) is 0 Å². The molecule has 0 bridgehead atoms. The van der Waals surface area contributed by atoms with Crippen molar-refractivity contribution >= 4 is 29.6 Å². The molecule has 0 unspecified atom stereocenters. The highest BCUT2D eigenvalue weighted by Crippen LogP contribution is 2.36. The highest BCUT2D eigenvalue weighted by Gasteiger charge is 2.38. The molecule has 1 saturated heterocycles. The zero-order valence-corrected chi connectivity index (χ0v) is 16.0. The van der Waals surface area contributed by atoms with Crippen molar-refractivity contribution in [2.45, 2.75) is 19.4 Å². The van der Waals surface area contributed by atoms with E-state index in [0.717, 1.165) is 7.11 Å². The first-order valence-corrected chi connectivity index (χ1v) is 8.42. The minimum Gasteiger partial charge on any atom is -0.497 e. The van der Waals surface area contributed by atoms with E-state index >= 15 is 0 Å². The lowest BCUT2D eigenvalue weighted by Gasteiger charge is -2.20. The molecule has 28 heavy (non-hydrogen) atoms. The summed E-state index contributed by atoms with van der Waals surface area (Å²) in [6.45, 7) is 1.39. The zero-order valence-electron chi connectivity index (χ0n) is 16.0. The van der Waals surface area contributed by atoms with E-state index in [1.807, 2.05) is 5.32 Å². The number of anilines is 1. The number of alkyl carbamates (subject to hydrolysis) is 1. The van der Waals surface area contributed by atoms with Crippen LogP contribution in [-0.2, 0) is 23.9 Å². The summed E-state index contributed by atoms with van der Waals surface area (Å²) in [7, 11) is 4.08. The molecule has 1 aliphatic rings. The Kier molecular flexibility index (Phi) is 6.80. The topological polar surface area (TPSA) is 120 Å². The fraction of sp³-hybridized carbons (Fsp3) is 0.444. The fourth-order valence-electron chi connectivity index (χ4n) is 2.68. The first-order chi connectivity index (χ1) is 13.3. The summed E-state index contributed by atoms with van der Waals surface area (Å²) in [4.78, 5) is 49.0. The number of hydrogen-bond donors (Lipinski definition) is 1. The molecule has 152 valence electrons. The Labute approximate surface area is 161 Å². The first-order valence-electron chi connectivity index (χ1n) is 8.42. The van der Waals surface area contributed by atoms with Crippen molar-refractivity contribution in [2.75, 3.05) is 32.8 Å². The summed E-state index contributed by atoms with van der Waals surface area (Å²) in [5.41, 5.74) is 0.500. The van der Waals surface area contributed by atoms with Crippen LogP contribution in [0.5, 0.6) is 11.5 Å². The molecule has 0 radical (unpaired) electrons. The number of carbonyl (C=O) groups is 4. The normalized spacial score (nSPS) is 16.9. The molecule has 0 aliphatic carbocycles. The van der Waals surface area contributed by atoms with E-state index in [9.17, 15) is 19.2 Å². The van der Waals surface area contributed by atoms with Crippen LogP contribution >= 0.6 is 0 Å². The summed E-state index contributed by atoms with van der Waals surface area (Å²) < 4.78 is 19.8. The smallest absolute Gasteiger partial charge is 0.413 e. The highest BCUT2D eigenvalue weighted by molar-refractivity contribution is 6.01. The van der Waals surface area contributed by atoms with Gasteiger partial charge in [-0.3, -0.25) is 19.7 Å². The molecule has 1 aliphatic heterocycles. The van der Waals surface area contributed by atoms with Gasteiger partial charge in [0.15, 0.2) is 6.10 Å². The van der Waals surface area contributed by atoms with Gasteiger partial charge in [-0.2, -0.15) is 0 Å². The number of ether oxygens (including phenoxy) is 4. The van der Waals surface area contributed by atoms with Gasteiger partial charge < -0.3 is 23.8 Å². The van der Waals surface area contributed by atoms with Crippen molar-refractivity contribution in [3.05, 3.63) is 18.2 Å². The number of nitrogens with one attached hydrogen (secondary N) is 1. The van der Waals surface area contributed by atoms with Crippen LogP contribution < -0.4 is 19.7 Å². The number of benzene rings is 1. The molecule has 10 heteroatoms. The maximum atomic E-state index is 12.4. The largest absolute Gasteiger partial charge is 0.497 e. The van der Waals surface area contributed by atoms with Crippen molar-refractivity contribution in [1.29, 1.82) is 0 Å². The standard InChI is InChI=1S/C18H22N2O8/c1-10(16(22)19-18(24)27-4)28-17(23)11-7-15(21)20(9-11)13-6-5-12(25-2)8-14(13)26-3/h5-6,8,10-11H,7,9H2,1-4H3,(H,19,22,24)/t10-,11-/m1/s1. The number of hydrogen-bond acceptors (Lipinski definition) is 8. The molecule has 1 fully saturated rings. The van der Waals surface area contributed by atoms with Crippen molar-refractivity contribution in [1.82, 2.24) is 5.32 Å². The average Bonchev–Trinajstić information content (AvgIpc) is 3.08. The lowest BCUT2D eigenvalue weighted by molar-refractivity contribution is -0.158. The monoisotopic (exact) mass is 394 g/mol. The Morgan fingerprint density at radius 1 is 1.18 bits per heavy atom. The molecule has 0 saturated carbocycles. The molecule has 1 aromatic carbocycles. The van der Waals surface area contributed by atoms with Crippen LogP contribution in [-0.4, -0.2) is 57.9 Å². The number of methoxy groups -OCH3 is 3. The molecule has 0 aromatic heterocycles. The van der Waals surface area contributed by atoms with Crippen molar-refractivity contribution in [2.24, 2.45) is 5.92 Å². The Hall–Kier alpha value is -3.30. The van der Waals surface area contributed by atoms with E-state index in [1.54, 1.807) is 18.2 Å². The third-order valence-electron chi connectivity index (χ3n) is 4.21. The summed E-state index contributed by atoms with van der Waals surface area (Å²) in [6.07, 6.45) is -2.24.